The largest absolute Gasteiger partial charge is 0.381 e. The Morgan fingerprint density at radius 2 is 2.24 bits per heavy atom. The van der Waals surface area contributed by atoms with Crippen LogP contribution in [0.25, 0.3) is 0 Å². The molecule has 0 spiro atoms. The highest BCUT2D eigenvalue weighted by atomic mass is 16.5. The summed E-state index contributed by atoms with van der Waals surface area (Å²) in [4.78, 5) is 2.66. The maximum absolute atomic E-state index is 5.97. The molecule has 2 heterocycles. The molecule has 2 rings (SSSR count). The quantitative estimate of drug-likeness (QED) is 0.815. The van der Waals surface area contributed by atoms with E-state index in [1.165, 1.54) is 32.2 Å². The van der Waals surface area contributed by atoms with E-state index >= 15 is 0 Å². The molecule has 4 unspecified atom stereocenters. The maximum atomic E-state index is 5.97. The first kappa shape index (κ1) is 13.3. The lowest BCUT2D eigenvalue weighted by molar-refractivity contribution is 0.0465. The van der Waals surface area contributed by atoms with E-state index in [0.29, 0.717) is 12.1 Å². The number of nitrogens with two attached hydrogens (primary N) is 1. The van der Waals surface area contributed by atoms with Crippen LogP contribution in [0, 0.1) is 11.8 Å². The lowest BCUT2D eigenvalue weighted by Crippen LogP contribution is -2.52. The molecule has 0 aromatic heterocycles. The van der Waals surface area contributed by atoms with Crippen LogP contribution in [0.3, 0.4) is 0 Å². The fourth-order valence-electron chi connectivity index (χ4n) is 3.49. The number of nitrogens with zero attached hydrogens (tertiary/aromatic N) is 1. The summed E-state index contributed by atoms with van der Waals surface area (Å²) in [5, 5.41) is 0. The SMILES string of the molecule is CCC1CCN(C(C)C2CCOC2)C(CN)C1. The van der Waals surface area contributed by atoms with Crippen molar-refractivity contribution in [1.82, 2.24) is 4.90 Å². The van der Waals surface area contributed by atoms with Crippen molar-refractivity contribution in [2.75, 3.05) is 26.3 Å². The molecular weight excluding hydrogens is 212 g/mol. The van der Waals surface area contributed by atoms with E-state index in [0.717, 1.165) is 31.6 Å². The molecular formula is C14H28N2O. The van der Waals surface area contributed by atoms with Crippen molar-refractivity contribution in [2.24, 2.45) is 17.6 Å². The normalized spacial score (nSPS) is 37.2. The summed E-state index contributed by atoms with van der Waals surface area (Å²) >= 11 is 0. The van der Waals surface area contributed by atoms with Gasteiger partial charge in [-0.15, -0.1) is 0 Å². The summed E-state index contributed by atoms with van der Waals surface area (Å²) in [6.07, 6.45) is 5.19. The van der Waals surface area contributed by atoms with Crippen LogP contribution in [0.5, 0.6) is 0 Å². The Balaban J connectivity index is 1.94. The predicted molar refractivity (Wildman–Crippen MR) is 71.0 cm³/mol. The molecule has 0 aliphatic carbocycles. The Kier molecular flexibility index (Phi) is 4.83. The van der Waals surface area contributed by atoms with Gasteiger partial charge in [-0.1, -0.05) is 13.3 Å². The zero-order chi connectivity index (χ0) is 12.3. The third-order valence-corrected chi connectivity index (χ3v) is 4.89. The Labute approximate surface area is 106 Å². The summed E-state index contributed by atoms with van der Waals surface area (Å²) in [6, 6.07) is 1.24. The summed E-state index contributed by atoms with van der Waals surface area (Å²) in [6.45, 7) is 8.63. The number of piperidine rings is 1. The Morgan fingerprint density at radius 1 is 1.41 bits per heavy atom. The van der Waals surface area contributed by atoms with Crippen molar-refractivity contribution >= 4 is 0 Å². The maximum Gasteiger partial charge on any atom is 0.0509 e. The highest BCUT2D eigenvalue weighted by Gasteiger charge is 2.34. The molecule has 0 aromatic carbocycles. The van der Waals surface area contributed by atoms with Gasteiger partial charge in [0.1, 0.15) is 0 Å². The number of hydrogen-bond donors (Lipinski definition) is 1. The van der Waals surface area contributed by atoms with Crippen molar-refractivity contribution in [1.29, 1.82) is 0 Å². The van der Waals surface area contributed by atoms with Gasteiger partial charge in [-0.2, -0.15) is 0 Å². The average Bonchev–Trinajstić information content (AvgIpc) is 2.91. The first-order valence-corrected chi connectivity index (χ1v) is 7.29. The van der Waals surface area contributed by atoms with E-state index in [4.69, 9.17) is 10.5 Å². The molecule has 0 saturated carbocycles. The summed E-state index contributed by atoms with van der Waals surface area (Å²) < 4.78 is 5.52. The first-order chi connectivity index (χ1) is 8.26. The van der Waals surface area contributed by atoms with Gasteiger partial charge in [0.25, 0.3) is 0 Å². The molecule has 2 saturated heterocycles. The highest BCUT2D eigenvalue weighted by molar-refractivity contribution is 4.88. The van der Waals surface area contributed by atoms with E-state index in [2.05, 4.69) is 18.7 Å². The van der Waals surface area contributed by atoms with E-state index in [1.54, 1.807) is 0 Å². The first-order valence-electron chi connectivity index (χ1n) is 7.29. The van der Waals surface area contributed by atoms with Crippen LogP contribution in [0.1, 0.15) is 39.5 Å². The molecule has 0 radical (unpaired) electrons. The van der Waals surface area contributed by atoms with E-state index in [9.17, 15) is 0 Å². The molecule has 3 nitrogen and oxygen atoms in total. The second kappa shape index (κ2) is 6.17. The van der Waals surface area contributed by atoms with Crippen LogP contribution in [-0.4, -0.2) is 43.3 Å². The van der Waals surface area contributed by atoms with Gasteiger partial charge in [-0.25, -0.2) is 0 Å². The summed E-state index contributed by atoms with van der Waals surface area (Å²) in [5.74, 6) is 1.62. The lowest BCUT2D eigenvalue weighted by atomic mass is 9.86. The molecule has 3 heteroatoms. The number of likely N-dealkylation sites (tertiary alicyclic amines) is 1. The zero-order valence-electron chi connectivity index (χ0n) is 11.4. The van der Waals surface area contributed by atoms with Crippen LogP contribution >= 0.6 is 0 Å². The summed E-state index contributed by atoms with van der Waals surface area (Å²) in [5.41, 5.74) is 5.97. The minimum Gasteiger partial charge on any atom is -0.381 e. The summed E-state index contributed by atoms with van der Waals surface area (Å²) in [7, 11) is 0. The second-order valence-corrected chi connectivity index (χ2v) is 5.79. The van der Waals surface area contributed by atoms with Crippen molar-refractivity contribution < 1.29 is 4.74 Å². The van der Waals surface area contributed by atoms with Crippen LogP contribution in [0.4, 0.5) is 0 Å². The van der Waals surface area contributed by atoms with Crippen LogP contribution in [0.15, 0.2) is 0 Å². The van der Waals surface area contributed by atoms with Crippen molar-refractivity contribution in [3.8, 4) is 0 Å². The molecule has 0 amide bonds. The van der Waals surface area contributed by atoms with Crippen LogP contribution in [0.2, 0.25) is 0 Å². The molecule has 17 heavy (non-hydrogen) atoms. The standard InChI is InChI=1S/C14H28N2O/c1-3-12-4-6-16(14(8-12)9-15)11(2)13-5-7-17-10-13/h11-14H,3-10,15H2,1-2H3. The number of hydrogen-bond acceptors (Lipinski definition) is 3. The Morgan fingerprint density at radius 3 is 2.82 bits per heavy atom. The van der Waals surface area contributed by atoms with E-state index < -0.39 is 0 Å². The van der Waals surface area contributed by atoms with Crippen molar-refractivity contribution in [2.45, 2.75) is 51.6 Å². The van der Waals surface area contributed by atoms with Gasteiger partial charge < -0.3 is 10.5 Å². The minimum absolute atomic E-state index is 0.601. The third kappa shape index (κ3) is 3.01. The molecule has 100 valence electrons. The van der Waals surface area contributed by atoms with Gasteiger partial charge in [0, 0.05) is 25.2 Å². The molecule has 2 N–H and O–H groups in total. The van der Waals surface area contributed by atoms with Gasteiger partial charge in [0.15, 0.2) is 0 Å². The van der Waals surface area contributed by atoms with Gasteiger partial charge in [-0.3, -0.25) is 4.90 Å². The van der Waals surface area contributed by atoms with Crippen molar-refractivity contribution in [3.05, 3.63) is 0 Å². The smallest absolute Gasteiger partial charge is 0.0509 e. The Bertz CT molecular complexity index is 228. The molecule has 2 aliphatic rings. The number of rotatable bonds is 4. The van der Waals surface area contributed by atoms with Crippen LogP contribution < -0.4 is 5.73 Å². The van der Waals surface area contributed by atoms with Gasteiger partial charge >= 0.3 is 0 Å². The van der Waals surface area contributed by atoms with Crippen LogP contribution in [-0.2, 0) is 4.74 Å². The van der Waals surface area contributed by atoms with Gasteiger partial charge in [0.05, 0.1) is 6.61 Å². The van der Waals surface area contributed by atoms with E-state index in [1.807, 2.05) is 0 Å². The minimum atomic E-state index is 0.601. The van der Waals surface area contributed by atoms with Gasteiger partial charge in [0.2, 0.25) is 0 Å². The lowest BCUT2D eigenvalue weighted by Gasteiger charge is -2.44. The number of ether oxygens (including phenoxy) is 1. The topological polar surface area (TPSA) is 38.5 Å². The zero-order valence-corrected chi connectivity index (χ0v) is 11.4. The molecule has 0 aromatic rings. The van der Waals surface area contributed by atoms with Gasteiger partial charge in [-0.05, 0) is 44.6 Å². The van der Waals surface area contributed by atoms with Crippen molar-refractivity contribution in [3.63, 3.8) is 0 Å². The molecule has 4 atom stereocenters. The average molecular weight is 240 g/mol. The molecule has 0 bridgehead atoms. The monoisotopic (exact) mass is 240 g/mol. The molecule has 2 fully saturated rings. The highest BCUT2D eigenvalue weighted by Crippen LogP contribution is 2.30. The third-order valence-electron chi connectivity index (χ3n) is 4.89. The fourth-order valence-corrected chi connectivity index (χ4v) is 3.49. The second-order valence-electron chi connectivity index (χ2n) is 5.79. The van der Waals surface area contributed by atoms with E-state index in [-0.39, 0.29) is 0 Å². The predicted octanol–water partition coefficient (Wildman–Crippen LogP) is 1.86. The molecule has 2 aliphatic heterocycles. The Hall–Kier alpha value is -0.120. The fraction of sp³-hybridized carbons (Fsp3) is 1.00.